The molecular formula is C35H41F13N6. The number of fused-ring (bicyclic) bond motifs is 7. The van der Waals surface area contributed by atoms with E-state index in [-0.39, 0.29) is 35.6 Å². The number of alkyl halides is 13. The van der Waals surface area contributed by atoms with Crippen LogP contribution in [0.4, 0.5) is 57.1 Å². The maximum absolute atomic E-state index is 14.2. The largest absolute Gasteiger partial charge is 0.435 e. The smallest absolute Gasteiger partial charge is 0.260 e. The van der Waals surface area contributed by atoms with Gasteiger partial charge in [-0.15, -0.1) is 0 Å². The minimum Gasteiger partial charge on any atom is -0.260 e. The van der Waals surface area contributed by atoms with Gasteiger partial charge in [-0.25, -0.2) is 17.6 Å². The molecule has 3 heterocycles. The molecule has 8 rings (SSSR count). The topological polar surface area (TPSA) is 53.5 Å². The molecule has 302 valence electrons. The molecule has 19 heteroatoms. The van der Waals surface area contributed by atoms with Crippen molar-refractivity contribution in [1.29, 1.82) is 0 Å². The van der Waals surface area contributed by atoms with Crippen molar-refractivity contribution in [3.8, 4) is 0 Å². The molecular weight excluding hydrogens is 751 g/mol. The van der Waals surface area contributed by atoms with Crippen LogP contribution in [0.1, 0.15) is 174 Å². The Bertz CT molecular complexity index is 1870. The highest BCUT2D eigenvalue weighted by Gasteiger charge is 2.69. The van der Waals surface area contributed by atoms with Crippen LogP contribution in [0.15, 0.2) is 0 Å². The van der Waals surface area contributed by atoms with E-state index >= 15 is 0 Å². The third-order valence-electron chi connectivity index (χ3n) is 10.7. The van der Waals surface area contributed by atoms with Crippen LogP contribution >= 0.6 is 0 Å². The maximum Gasteiger partial charge on any atom is 0.435 e. The highest BCUT2D eigenvalue weighted by Crippen LogP contribution is 2.69. The van der Waals surface area contributed by atoms with Gasteiger partial charge in [0.15, 0.2) is 5.69 Å². The van der Waals surface area contributed by atoms with Gasteiger partial charge in [-0.3, -0.25) is 14.0 Å². The molecule has 6 nitrogen and oxygen atoms in total. The Labute approximate surface area is 302 Å². The number of rotatable bonds is 5. The number of hydrogen-bond acceptors (Lipinski definition) is 3. The number of hydrogen-bond donors (Lipinski definition) is 0. The van der Waals surface area contributed by atoms with Gasteiger partial charge in [-0.2, -0.15) is 54.8 Å². The van der Waals surface area contributed by atoms with Gasteiger partial charge in [-0.1, -0.05) is 13.8 Å². The fraction of sp³-hybridized carbons (Fsp3) is 0.743. The number of nitrogens with zero attached hydrogens (tertiary/aromatic N) is 6. The Morgan fingerprint density at radius 1 is 0.574 bits per heavy atom. The van der Waals surface area contributed by atoms with Gasteiger partial charge >= 0.3 is 6.18 Å². The Morgan fingerprint density at radius 3 is 1.43 bits per heavy atom. The van der Waals surface area contributed by atoms with E-state index < -0.39 is 107 Å². The molecule has 0 aromatic carbocycles. The van der Waals surface area contributed by atoms with Crippen LogP contribution in [-0.2, 0) is 29.9 Å². The lowest BCUT2D eigenvalue weighted by Gasteiger charge is -2.30. The molecule has 54 heavy (non-hydrogen) atoms. The fourth-order valence-electron chi connectivity index (χ4n) is 8.10. The third kappa shape index (κ3) is 6.20. The second kappa shape index (κ2) is 12.6. The first-order valence-electron chi connectivity index (χ1n) is 17.8. The normalized spacial score (nSPS) is 25.9. The zero-order valence-corrected chi connectivity index (χ0v) is 30.6. The second-order valence-corrected chi connectivity index (χ2v) is 16.0. The summed E-state index contributed by atoms with van der Waals surface area (Å²) in [7, 11) is 0. The lowest BCUT2D eigenvalue weighted by atomic mass is 9.89. The van der Waals surface area contributed by atoms with E-state index in [1.807, 2.05) is 27.7 Å². The molecule has 3 aromatic rings. The monoisotopic (exact) mass is 792 g/mol. The molecule has 5 aliphatic carbocycles. The summed E-state index contributed by atoms with van der Waals surface area (Å²) >= 11 is 0. The van der Waals surface area contributed by atoms with Crippen LogP contribution < -0.4 is 0 Å². The molecule has 0 spiro atoms. The average molecular weight is 793 g/mol. The van der Waals surface area contributed by atoms with Crippen molar-refractivity contribution in [3.05, 3.63) is 50.9 Å². The van der Waals surface area contributed by atoms with Gasteiger partial charge in [0.2, 0.25) is 0 Å². The van der Waals surface area contributed by atoms with Crippen LogP contribution in [0.25, 0.3) is 0 Å². The predicted molar refractivity (Wildman–Crippen MR) is 168 cm³/mol. The first-order valence-corrected chi connectivity index (χ1v) is 17.8. The molecule has 2 saturated carbocycles. The van der Waals surface area contributed by atoms with Gasteiger partial charge in [0.05, 0.1) is 11.3 Å². The lowest BCUT2D eigenvalue weighted by Crippen LogP contribution is -2.33. The summed E-state index contributed by atoms with van der Waals surface area (Å²) in [5.41, 5.74) is -3.58. The molecule has 5 aliphatic rings. The Kier molecular flexibility index (Phi) is 9.43. The van der Waals surface area contributed by atoms with E-state index in [0.717, 1.165) is 15.9 Å². The van der Waals surface area contributed by atoms with E-state index in [1.165, 1.54) is 13.8 Å². The molecule has 0 unspecified atom stereocenters. The predicted octanol–water partition coefficient (Wildman–Crippen LogP) is 11.9. The summed E-state index contributed by atoms with van der Waals surface area (Å²) in [6.07, 6.45) is -9.44. The minimum atomic E-state index is -4.67. The Hall–Kier alpha value is -3.28. The van der Waals surface area contributed by atoms with E-state index in [4.69, 9.17) is 0 Å². The van der Waals surface area contributed by atoms with Crippen LogP contribution in [0.5, 0.6) is 0 Å². The van der Waals surface area contributed by atoms with Crippen LogP contribution in [0.2, 0.25) is 0 Å². The zero-order chi connectivity index (χ0) is 40.6. The van der Waals surface area contributed by atoms with Crippen molar-refractivity contribution in [3.63, 3.8) is 0 Å². The molecule has 0 bridgehead atoms. The molecule has 0 aliphatic heterocycles. The number of aromatic nitrogens is 6. The maximum atomic E-state index is 14.2. The highest BCUT2D eigenvalue weighted by atomic mass is 19.4. The molecule has 3 aromatic heterocycles. The molecule has 0 amide bonds. The Morgan fingerprint density at radius 2 is 0.981 bits per heavy atom. The Balaban J connectivity index is 0.000000138. The van der Waals surface area contributed by atoms with Crippen LogP contribution in [-0.4, -0.2) is 29.3 Å². The molecule has 4 atom stereocenters. The van der Waals surface area contributed by atoms with Crippen molar-refractivity contribution in [2.45, 2.75) is 153 Å². The molecule has 0 saturated heterocycles. The summed E-state index contributed by atoms with van der Waals surface area (Å²) in [4.78, 5) is 0. The molecule has 2 fully saturated rings. The highest BCUT2D eigenvalue weighted by molar-refractivity contribution is 5.48. The van der Waals surface area contributed by atoms with Crippen molar-refractivity contribution < 1.29 is 57.1 Å². The first kappa shape index (κ1) is 40.4. The summed E-state index contributed by atoms with van der Waals surface area (Å²) in [5.74, 6) is -14.9. The van der Waals surface area contributed by atoms with E-state index in [0.29, 0.717) is 11.1 Å². The van der Waals surface area contributed by atoms with Crippen LogP contribution in [0.3, 0.4) is 0 Å². The van der Waals surface area contributed by atoms with Crippen molar-refractivity contribution in [1.82, 2.24) is 29.3 Å². The van der Waals surface area contributed by atoms with E-state index in [9.17, 15) is 57.1 Å². The molecule has 0 radical (unpaired) electrons. The van der Waals surface area contributed by atoms with Crippen molar-refractivity contribution in [2.75, 3.05) is 0 Å². The summed E-state index contributed by atoms with van der Waals surface area (Å²) in [6.45, 7) is 13.8. The number of halogens is 13. The second-order valence-electron chi connectivity index (χ2n) is 16.0. The fourth-order valence-corrected chi connectivity index (χ4v) is 8.10. The van der Waals surface area contributed by atoms with Gasteiger partial charge in [0.25, 0.3) is 30.1 Å². The zero-order valence-electron chi connectivity index (χ0n) is 30.6. The summed E-state index contributed by atoms with van der Waals surface area (Å²) < 4.78 is 178. The van der Waals surface area contributed by atoms with Crippen LogP contribution in [0, 0.1) is 11.8 Å². The summed E-state index contributed by atoms with van der Waals surface area (Å²) in [6, 6.07) is -1.22. The van der Waals surface area contributed by atoms with E-state index in [2.05, 4.69) is 15.3 Å². The standard InChI is InChI=1S/C13H18F2N2.C11H12F6N2.C11H11F5N2/c1-6(2)11-10-8-5-9(8)13(14,15)12(10)17(16-11)7(3)4;1-5(2)19-8-6(7(18-19)9(12)13)10(14,15)3-4-11(8,16)17;1-4(2)18-9-7(8(17-18)11(14,15)16)5-3-6(5)10(9,12)13/h6-9H,5H2,1-4H3;5,9H,3-4H2,1-2H3;4-6H,3H2,1-2H3/t8-,9+;;5-,6+/m0.0/s1. The SMILES string of the molecule is CC(C)c1nn(C(C)C)c2c1[C@H]1C[C@H]1C2(F)F.CC(C)n1nc(C(F)(F)F)c2c1C(F)(F)[C@@H]1C[C@H]21.CC(C)n1nc(C(F)F)c2c1C(F)(F)CCC2(F)F. The van der Waals surface area contributed by atoms with Gasteiger partial charge < -0.3 is 0 Å². The minimum absolute atomic E-state index is 0.000347. The lowest BCUT2D eigenvalue weighted by molar-refractivity contribution is -0.142. The average Bonchev–Trinajstić information content (AvgIpc) is 3.77. The van der Waals surface area contributed by atoms with Crippen molar-refractivity contribution >= 4 is 0 Å². The third-order valence-corrected chi connectivity index (χ3v) is 10.7. The van der Waals surface area contributed by atoms with Gasteiger partial charge in [0.1, 0.15) is 22.8 Å². The quantitative estimate of drug-likeness (QED) is 0.242. The van der Waals surface area contributed by atoms with Gasteiger partial charge in [0, 0.05) is 53.9 Å². The van der Waals surface area contributed by atoms with Gasteiger partial charge in [-0.05, 0) is 72.1 Å². The molecule has 0 N–H and O–H groups in total. The summed E-state index contributed by atoms with van der Waals surface area (Å²) in [5, 5.41) is 11.1. The van der Waals surface area contributed by atoms with E-state index in [1.54, 1.807) is 18.5 Å². The first-order chi connectivity index (χ1) is 24.6. The van der Waals surface area contributed by atoms with Crippen molar-refractivity contribution in [2.24, 2.45) is 11.8 Å².